The van der Waals surface area contributed by atoms with Crippen LogP contribution < -0.4 is 0 Å². The van der Waals surface area contributed by atoms with Crippen molar-refractivity contribution in [2.75, 3.05) is 26.2 Å². The zero-order valence-electron chi connectivity index (χ0n) is 19.1. The van der Waals surface area contributed by atoms with Gasteiger partial charge in [-0.1, -0.05) is 6.42 Å². The number of piperazine rings is 1. The third-order valence-electron chi connectivity index (χ3n) is 7.03. The van der Waals surface area contributed by atoms with Crippen LogP contribution in [0.15, 0.2) is 6.07 Å². The Hall–Kier alpha value is -2.44. The van der Waals surface area contributed by atoms with Crippen molar-refractivity contribution in [1.82, 2.24) is 24.6 Å². The first-order chi connectivity index (χ1) is 14.7. The average molecular weight is 424 g/mol. The van der Waals surface area contributed by atoms with Crippen molar-refractivity contribution >= 4 is 22.8 Å². The van der Waals surface area contributed by atoms with Crippen molar-refractivity contribution in [2.24, 2.45) is 5.92 Å². The first kappa shape index (κ1) is 20.5. The van der Waals surface area contributed by atoms with Crippen molar-refractivity contribution in [3.8, 4) is 0 Å². The molecule has 0 N–H and O–H groups in total. The summed E-state index contributed by atoms with van der Waals surface area (Å²) in [6, 6.07) is 2.01. The van der Waals surface area contributed by atoms with Gasteiger partial charge in [0.25, 0.3) is 5.91 Å². The van der Waals surface area contributed by atoms with Crippen LogP contribution in [0.3, 0.4) is 0 Å². The molecule has 3 fully saturated rings. The third-order valence-corrected chi connectivity index (χ3v) is 7.03. The lowest BCUT2D eigenvalue weighted by Crippen LogP contribution is -2.52. The van der Waals surface area contributed by atoms with Crippen molar-refractivity contribution in [1.29, 1.82) is 0 Å². The first-order valence-corrected chi connectivity index (χ1v) is 11.7. The predicted molar refractivity (Wildman–Crippen MR) is 119 cm³/mol. The number of fused-ring (bicyclic) bond motifs is 1. The van der Waals surface area contributed by atoms with Gasteiger partial charge in [-0.2, -0.15) is 5.10 Å². The Bertz CT molecular complexity index is 1030. The molecule has 2 saturated carbocycles. The van der Waals surface area contributed by atoms with Gasteiger partial charge in [-0.15, -0.1) is 0 Å². The largest absolute Gasteiger partial charge is 0.339 e. The molecule has 0 bridgehead atoms. The summed E-state index contributed by atoms with van der Waals surface area (Å²) in [4.78, 5) is 35.0. The van der Waals surface area contributed by atoms with Crippen LogP contribution in [0.1, 0.15) is 80.5 Å². The molecule has 166 valence electrons. The van der Waals surface area contributed by atoms with Gasteiger partial charge in [0.05, 0.1) is 22.2 Å². The van der Waals surface area contributed by atoms with Gasteiger partial charge < -0.3 is 9.80 Å². The molecule has 0 aromatic carbocycles. The summed E-state index contributed by atoms with van der Waals surface area (Å²) in [6.45, 7) is 10.8. The Morgan fingerprint density at radius 2 is 1.65 bits per heavy atom. The highest BCUT2D eigenvalue weighted by Crippen LogP contribution is 2.41. The van der Waals surface area contributed by atoms with Gasteiger partial charge in [0, 0.05) is 43.7 Å². The Kier molecular flexibility index (Phi) is 4.83. The van der Waals surface area contributed by atoms with Crippen molar-refractivity contribution in [3.05, 3.63) is 23.0 Å². The van der Waals surface area contributed by atoms with Crippen LogP contribution in [0.5, 0.6) is 0 Å². The van der Waals surface area contributed by atoms with Crippen LogP contribution in [-0.4, -0.2) is 62.6 Å². The summed E-state index contributed by atoms with van der Waals surface area (Å²) in [5, 5.41) is 5.64. The molecule has 2 aliphatic carbocycles. The van der Waals surface area contributed by atoms with Crippen LogP contribution in [0.25, 0.3) is 11.0 Å². The quantitative estimate of drug-likeness (QED) is 0.758. The summed E-state index contributed by atoms with van der Waals surface area (Å²) in [6.07, 6.45) is 5.48. The zero-order valence-corrected chi connectivity index (χ0v) is 19.1. The molecule has 2 aromatic rings. The van der Waals surface area contributed by atoms with E-state index in [0.717, 1.165) is 60.1 Å². The zero-order chi connectivity index (χ0) is 21.9. The van der Waals surface area contributed by atoms with E-state index in [1.165, 1.54) is 0 Å². The number of pyridine rings is 1. The molecule has 0 radical (unpaired) electrons. The van der Waals surface area contributed by atoms with Crippen LogP contribution >= 0.6 is 0 Å². The predicted octanol–water partition coefficient (Wildman–Crippen LogP) is 3.46. The highest BCUT2D eigenvalue weighted by molar-refractivity contribution is 6.06. The number of aromatic nitrogens is 3. The molecule has 7 nitrogen and oxygen atoms in total. The number of hydrogen-bond acceptors (Lipinski definition) is 4. The maximum atomic E-state index is 13.7. The fraction of sp³-hybridized carbons (Fsp3) is 0.667. The standard InChI is InChI=1S/C24H33N5O2/c1-15-20-18(14-19(16-8-9-16)25-21(20)29(26-15)24(2,3)4)23(31)28-12-10-27(11-13-28)22(30)17-6-5-7-17/h14,16-17H,5-13H2,1-4H3. The molecule has 0 unspecified atom stereocenters. The molecule has 0 atom stereocenters. The lowest BCUT2D eigenvalue weighted by molar-refractivity contribution is -0.139. The smallest absolute Gasteiger partial charge is 0.254 e. The molecule has 2 amide bonds. The lowest BCUT2D eigenvalue weighted by atomic mass is 9.84. The molecule has 1 aliphatic heterocycles. The maximum Gasteiger partial charge on any atom is 0.254 e. The highest BCUT2D eigenvalue weighted by atomic mass is 16.2. The molecule has 7 heteroatoms. The van der Waals surface area contributed by atoms with Gasteiger partial charge in [0.15, 0.2) is 5.65 Å². The second kappa shape index (κ2) is 7.31. The van der Waals surface area contributed by atoms with Crippen LogP contribution in [0.2, 0.25) is 0 Å². The number of rotatable bonds is 3. The van der Waals surface area contributed by atoms with Gasteiger partial charge in [-0.25, -0.2) is 9.67 Å². The number of nitrogens with zero attached hydrogens (tertiary/aromatic N) is 5. The fourth-order valence-corrected chi connectivity index (χ4v) is 4.75. The number of carbonyl (C=O) groups excluding carboxylic acids is 2. The second-order valence-corrected chi connectivity index (χ2v) is 10.5. The average Bonchev–Trinajstić information content (AvgIpc) is 3.48. The number of amides is 2. The fourth-order valence-electron chi connectivity index (χ4n) is 4.75. The Balaban J connectivity index is 1.45. The minimum atomic E-state index is -0.213. The van der Waals surface area contributed by atoms with Gasteiger partial charge in [-0.05, 0) is 59.4 Å². The number of carbonyl (C=O) groups is 2. The Morgan fingerprint density at radius 1 is 1.00 bits per heavy atom. The Labute approximate surface area is 183 Å². The Morgan fingerprint density at radius 3 is 2.19 bits per heavy atom. The van der Waals surface area contributed by atoms with Crippen molar-refractivity contribution in [2.45, 2.75) is 71.3 Å². The molecular weight excluding hydrogens is 390 g/mol. The number of hydrogen-bond donors (Lipinski definition) is 0. The van der Waals surface area contributed by atoms with E-state index in [1.54, 1.807) is 0 Å². The van der Waals surface area contributed by atoms with Gasteiger partial charge in [0.2, 0.25) is 5.91 Å². The molecule has 3 heterocycles. The third kappa shape index (κ3) is 3.62. The van der Waals surface area contributed by atoms with Crippen LogP contribution in [-0.2, 0) is 10.3 Å². The summed E-state index contributed by atoms with van der Waals surface area (Å²) >= 11 is 0. The lowest BCUT2D eigenvalue weighted by Gasteiger charge is -2.38. The van der Waals surface area contributed by atoms with E-state index in [1.807, 2.05) is 27.5 Å². The van der Waals surface area contributed by atoms with Crippen molar-refractivity contribution in [3.63, 3.8) is 0 Å². The van der Waals surface area contributed by atoms with E-state index in [4.69, 9.17) is 10.1 Å². The van der Waals surface area contributed by atoms with Gasteiger partial charge in [-0.3, -0.25) is 9.59 Å². The second-order valence-electron chi connectivity index (χ2n) is 10.5. The molecular formula is C24H33N5O2. The van der Waals surface area contributed by atoms with E-state index in [-0.39, 0.29) is 23.3 Å². The number of aryl methyl sites for hydroxylation is 1. The molecule has 0 spiro atoms. The minimum absolute atomic E-state index is 0.0432. The van der Waals surface area contributed by atoms with E-state index in [9.17, 15) is 9.59 Å². The summed E-state index contributed by atoms with van der Waals surface area (Å²) < 4.78 is 1.97. The highest BCUT2D eigenvalue weighted by Gasteiger charge is 2.34. The normalized spacial score (nSPS) is 20.3. The summed E-state index contributed by atoms with van der Waals surface area (Å²) in [5.74, 6) is 0.996. The molecule has 31 heavy (non-hydrogen) atoms. The van der Waals surface area contributed by atoms with E-state index in [2.05, 4.69) is 20.8 Å². The first-order valence-electron chi connectivity index (χ1n) is 11.7. The summed E-state index contributed by atoms with van der Waals surface area (Å²) in [7, 11) is 0. The molecule has 3 aliphatic rings. The molecule has 2 aromatic heterocycles. The SMILES string of the molecule is Cc1nn(C(C)(C)C)c2nc(C3CC3)cc(C(=O)N3CCN(C(=O)C4CCC4)CC3)c12. The van der Waals surface area contributed by atoms with E-state index >= 15 is 0 Å². The van der Waals surface area contributed by atoms with Crippen LogP contribution in [0.4, 0.5) is 0 Å². The summed E-state index contributed by atoms with van der Waals surface area (Å²) in [5.41, 5.74) is 3.19. The van der Waals surface area contributed by atoms with Crippen molar-refractivity contribution < 1.29 is 9.59 Å². The maximum absolute atomic E-state index is 13.7. The van der Waals surface area contributed by atoms with E-state index < -0.39 is 0 Å². The van der Waals surface area contributed by atoms with Gasteiger partial charge >= 0.3 is 0 Å². The van der Waals surface area contributed by atoms with E-state index in [0.29, 0.717) is 32.1 Å². The molecule has 1 saturated heterocycles. The monoisotopic (exact) mass is 423 g/mol. The molecule has 5 rings (SSSR count). The minimum Gasteiger partial charge on any atom is -0.339 e. The van der Waals surface area contributed by atoms with Gasteiger partial charge in [0.1, 0.15) is 0 Å². The van der Waals surface area contributed by atoms with Crippen LogP contribution in [0, 0.1) is 12.8 Å². The topological polar surface area (TPSA) is 71.3 Å².